The Hall–Kier alpha value is -1.81. The van der Waals surface area contributed by atoms with Crippen LogP contribution in [0.25, 0.3) is 0 Å². The van der Waals surface area contributed by atoms with E-state index in [9.17, 15) is 4.79 Å². The first-order valence-corrected chi connectivity index (χ1v) is 7.39. The molecule has 2 aromatic rings. The van der Waals surface area contributed by atoms with Crippen LogP contribution in [0.5, 0.6) is 0 Å². The van der Waals surface area contributed by atoms with Crippen molar-refractivity contribution >= 4 is 33.2 Å². The fourth-order valence-electron chi connectivity index (χ4n) is 1.75. The molecule has 0 atom stereocenters. The third-order valence-electron chi connectivity index (χ3n) is 2.83. The number of nitrogens with one attached hydrogen (secondary N) is 2. The van der Waals surface area contributed by atoms with E-state index in [2.05, 4.69) is 33.5 Å². The van der Waals surface area contributed by atoms with Crippen LogP contribution < -0.4 is 10.6 Å². The zero-order valence-corrected chi connectivity index (χ0v) is 12.9. The Morgan fingerprint density at radius 3 is 2.20 bits per heavy atom. The third-order valence-corrected chi connectivity index (χ3v) is 3.36. The van der Waals surface area contributed by atoms with Crippen LogP contribution in [0.3, 0.4) is 0 Å². The molecule has 0 aliphatic rings. The Labute approximate surface area is 127 Å². The van der Waals surface area contributed by atoms with Crippen LogP contribution in [0.4, 0.5) is 11.4 Å². The molecule has 2 aromatic carbocycles. The van der Waals surface area contributed by atoms with E-state index in [1.165, 1.54) is 0 Å². The van der Waals surface area contributed by atoms with Crippen molar-refractivity contribution in [2.75, 3.05) is 17.2 Å². The largest absolute Gasteiger partial charge is 0.385 e. The first-order chi connectivity index (χ1) is 9.69. The number of hydrogen-bond donors (Lipinski definition) is 2. The molecule has 0 radical (unpaired) electrons. The van der Waals surface area contributed by atoms with Gasteiger partial charge >= 0.3 is 0 Å². The predicted molar refractivity (Wildman–Crippen MR) is 87.3 cm³/mol. The summed E-state index contributed by atoms with van der Waals surface area (Å²) in [5, 5.41) is 6.15. The first kappa shape index (κ1) is 14.6. The van der Waals surface area contributed by atoms with Crippen molar-refractivity contribution < 1.29 is 4.79 Å². The minimum Gasteiger partial charge on any atom is -0.385 e. The summed E-state index contributed by atoms with van der Waals surface area (Å²) >= 11 is 3.37. The van der Waals surface area contributed by atoms with Gasteiger partial charge in [-0.15, -0.1) is 0 Å². The van der Waals surface area contributed by atoms with Gasteiger partial charge in [-0.1, -0.05) is 22.9 Å². The summed E-state index contributed by atoms with van der Waals surface area (Å²) in [5.74, 6) is -0.102. The molecule has 1 amide bonds. The van der Waals surface area contributed by atoms with Gasteiger partial charge in [0.05, 0.1) is 0 Å². The van der Waals surface area contributed by atoms with E-state index in [0.717, 1.165) is 28.8 Å². The average molecular weight is 333 g/mol. The minimum atomic E-state index is -0.102. The quantitative estimate of drug-likeness (QED) is 0.844. The second kappa shape index (κ2) is 7.10. The van der Waals surface area contributed by atoms with Crippen molar-refractivity contribution in [3.63, 3.8) is 0 Å². The summed E-state index contributed by atoms with van der Waals surface area (Å²) in [5.41, 5.74) is 2.47. The van der Waals surface area contributed by atoms with Gasteiger partial charge < -0.3 is 10.6 Å². The van der Waals surface area contributed by atoms with Gasteiger partial charge in [0.2, 0.25) is 0 Å². The topological polar surface area (TPSA) is 41.1 Å². The van der Waals surface area contributed by atoms with E-state index in [-0.39, 0.29) is 5.91 Å². The maximum absolute atomic E-state index is 12.1. The molecule has 0 bridgehead atoms. The molecular formula is C16H17BrN2O. The lowest BCUT2D eigenvalue weighted by molar-refractivity contribution is 0.102. The molecule has 20 heavy (non-hydrogen) atoms. The number of hydrogen-bond acceptors (Lipinski definition) is 2. The van der Waals surface area contributed by atoms with Crippen molar-refractivity contribution in [1.82, 2.24) is 0 Å². The van der Waals surface area contributed by atoms with E-state index in [0.29, 0.717) is 5.56 Å². The minimum absolute atomic E-state index is 0.102. The van der Waals surface area contributed by atoms with Crippen LogP contribution in [0, 0.1) is 0 Å². The van der Waals surface area contributed by atoms with E-state index in [4.69, 9.17) is 0 Å². The molecule has 0 fully saturated rings. The van der Waals surface area contributed by atoms with Gasteiger partial charge in [0.1, 0.15) is 0 Å². The lowest BCUT2D eigenvalue weighted by atomic mass is 10.2. The fraction of sp³-hybridized carbons (Fsp3) is 0.188. The SMILES string of the molecule is CCCNc1ccc(C(=O)Nc2ccc(Br)cc2)cc1. The summed E-state index contributed by atoms with van der Waals surface area (Å²) in [6.45, 7) is 3.05. The molecule has 2 N–H and O–H groups in total. The Kier molecular flexibility index (Phi) is 5.18. The molecule has 104 valence electrons. The standard InChI is InChI=1S/C16H17BrN2O/c1-2-11-18-14-7-3-12(4-8-14)16(20)19-15-9-5-13(17)6-10-15/h3-10,18H,2,11H2,1H3,(H,19,20). The molecule has 3 nitrogen and oxygen atoms in total. The monoisotopic (exact) mass is 332 g/mol. The molecule has 0 unspecified atom stereocenters. The molecule has 0 saturated heterocycles. The number of carbonyl (C=O) groups is 1. The zero-order valence-electron chi connectivity index (χ0n) is 11.3. The van der Waals surface area contributed by atoms with Gasteiger partial charge in [-0.25, -0.2) is 0 Å². The molecule has 0 spiro atoms. The molecule has 0 aliphatic carbocycles. The molecule has 0 saturated carbocycles. The normalized spacial score (nSPS) is 10.1. The lowest BCUT2D eigenvalue weighted by Gasteiger charge is -2.07. The number of benzene rings is 2. The van der Waals surface area contributed by atoms with Gasteiger partial charge in [-0.3, -0.25) is 4.79 Å². The van der Waals surface area contributed by atoms with Crippen molar-refractivity contribution in [2.45, 2.75) is 13.3 Å². The van der Waals surface area contributed by atoms with Crippen LogP contribution in [0.2, 0.25) is 0 Å². The maximum atomic E-state index is 12.1. The summed E-state index contributed by atoms with van der Waals surface area (Å²) in [6, 6.07) is 15.0. The Bertz CT molecular complexity index is 564. The highest BCUT2D eigenvalue weighted by Crippen LogP contribution is 2.16. The number of halogens is 1. The van der Waals surface area contributed by atoms with Crippen molar-refractivity contribution in [3.05, 3.63) is 58.6 Å². The average Bonchev–Trinajstić information content (AvgIpc) is 2.48. The van der Waals surface area contributed by atoms with Crippen molar-refractivity contribution in [2.24, 2.45) is 0 Å². The number of rotatable bonds is 5. The zero-order chi connectivity index (χ0) is 14.4. The Balaban J connectivity index is 2.00. The van der Waals surface area contributed by atoms with Crippen LogP contribution in [0.1, 0.15) is 23.7 Å². The second-order valence-electron chi connectivity index (χ2n) is 4.47. The molecular weight excluding hydrogens is 316 g/mol. The molecule has 2 rings (SSSR count). The summed E-state index contributed by atoms with van der Waals surface area (Å²) < 4.78 is 0.988. The number of carbonyl (C=O) groups excluding carboxylic acids is 1. The van der Waals surface area contributed by atoms with Crippen LogP contribution >= 0.6 is 15.9 Å². The van der Waals surface area contributed by atoms with E-state index < -0.39 is 0 Å². The maximum Gasteiger partial charge on any atom is 0.255 e. The van der Waals surface area contributed by atoms with Crippen LogP contribution in [0.15, 0.2) is 53.0 Å². The van der Waals surface area contributed by atoms with Gasteiger partial charge in [0, 0.05) is 28.0 Å². The lowest BCUT2D eigenvalue weighted by Crippen LogP contribution is -2.11. The highest BCUT2D eigenvalue weighted by atomic mass is 79.9. The van der Waals surface area contributed by atoms with E-state index >= 15 is 0 Å². The first-order valence-electron chi connectivity index (χ1n) is 6.60. The molecule has 0 aromatic heterocycles. The van der Waals surface area contributed by atoms with Gasteiger partial charge in [-0.2, -0.15) is 0 Å². The van der Waals surface area contributed by atoms with E-state index in [1.54, 1.807) is 0 Å². The highest BCUT2D eigenvalue weighted by Gasteiger charge is 2.05. The second-order valence-corrected chi connectivity index (χ2v) is 5.38. The number of anilines is 2. The molecule has 4 heteroatoms. The van der Waals surface area contributed by atoms with Crippen molar-refractivity contribution in [1.29, 1.82) is 0 Å². The fourth-order valence-corrected chi connectivity index (χ4v) is 2.01. The van der Waals surface area contributed by atoms with Crippen LogP contribution in [-0.4, -0.2) is 12.5 Å². The van der Waals surface area contributed by atoms with Gasteiger partial charge in [0.25, 0.3) is 5.91 Å². The summed E-state index contributed by atoms with van der Waals surface area (Å²) in [7, 11) is 0. The third kappa shape index (κ3) is 4.10. The van der Waals surface area contributed by atoms with Gasteiger partial charge in [-0.05, 0) is 55.0 Å². The molecule has 0 aliphatic heterocycles. The smallest absolute Gasteiger partial charge is 0.255 e. The van der Waals surface area contributed by atoms with E-state index in [1.807, 2.05) is 48.5 Å². The Morgan fingerprint density at radius 2 is 1.60 bits per heavy atom. The van der Waals surface area contributed by atoms with Crippen molar-refractivity contribution in [3.8, 4) is 0 Å². The summed E-state index contributed by atoms with van der Waals surface area (Å²) in [6.07, 6.45) is 1.08. The molecule has 0 heterocycles. The van der Waals surface area contributed by atoms with Gasteiger partial charge in [0.15, 0.2) is 0 Å². The van der Waals surface area contributed by atoms with Crippen LogP contribution in [-0.2, 0) is 0 Å². The predicted octanol–water partition coefficient (Wildman–Crippen LogP) is 4.52. The Morgan fingerprint density at radius 1 is 1.00 bits per heavy atom. The highest BCUT2D eigenvalue weighted by molar-refractivity contribution is 9.10. The number of amides is 1. The summed E-state index contributed by atoms with van der Waals surface area (Å²) in [4.78, 5) is 12.1.